The van der Waals surface area contributed by atoms with Crippen LogP contribution < -0.4 is 0 Å². The van der Waals surface area contributed by atoms with E-state index < -0.39 is 5.97 Å². The van der Waals surface area contributed by atoms with Crippen molar-refractivity contribution in [2.75, 3.05) is 0 Å². The minimum Gasteiger partial charge on any atom is -0.478 e. The van der Waals surface area contributed by atoms with Crippen LogP contribution in [0.3, 0.4) is 0 Å². The van der Waals surface area contributed by atoms with E-state index in [-0.39, 0.29) is 0 Å². The van der Waals surface area contributed by atoms with E-state index in [4.69, 9.17) is 9.84 Å². The third-order valence-corrected chi connectivity index (χ3v) is 4.10. The quantitative estimate of drug-likeness (QED) is 0.827. The first-order valence-corrected chi connectivity index (χ1v) is 7.22. The standard InChI is InChI=1S/C14H18O3S/c15-14(16)7-6-11-8-9-18-13(11)10-17-12-4-2-1-3-5-12/h6-9,12H,1-5,10H2,(H,15,16). The summed E-state index contributed by atoms with van der Waals surface area (Å²) in [5.74, 6) is -0.916. The summed E-state index contributed by atoms with van der Waals surface area (Å²) in [5, 5.41) is 10.6. The molecule has 1 N–H and O–H groups in total. The summed E-state index contributed by atoms with van der Waals surface area (Å²) in [6.45, 7) is 0.599. The smallest absolute Gasteiger partial charge is 0.328 e. The van der Waals surface area contributed by atoms with E-state index in [0.29, 0.717) is 12.7 Å². The van der Waals surface area contributed by atoms with Crippen LogP contribution in [0.2, 0.25) is 0 Å². The number of rotatable bonds is 5. The summed E-state index contributed by atoms with van der Waals surface area (Å²) in [4.78, 5) is 11.6. The maximum atomic E-state index is 10.5. The summed E-state index contributed by atoms with van der Waals surface area (Å²) in [5.41, 5.74) is 0.957. The maximum absolute atomic E-state index is 10.5. The second-order valence-electron chi connectivity index (χ2n) is 4.54. The molecule has 18 heavy (non-hydrogen) atoms. The molecule has 0 bridgehead atoms. The Hall–Kier alpha value is -1.13. The van der Waals surface area contributed by atoms with Crippen molar-refractivity contribution in [1.82, 2.24) is 0 Å². The van der Waals surface area contributed by atoms with Crippen LogP contribution in [0.4, 0.5) is 0 Å². The van der Waals surface area contributed by atoms with Crippen LogP contribution in [0.15, 0.2) is 17.5 Å². The van der Waals surface area contributed by atoms with Crippen LogP contribution in [0, 0.1) is 0 Å². The van der Waals surface area contributed by atoms with E-state index in [1.54, 1.807) is 17.4 Å². The molecule has 1 heterocycles. The molecule has 0 spiro atoms. The first-order chi connectivity index (χ1) is 8.75. The van der Waals surface area contributed by atoms with Crippen LogP contribution in [0.25, 0.3) is 6.08 Å². The summed E-state index contributed by atoms with van der Waals surface area (Å²) >= 11 is 1.62. The van der Waals surface area contributed by atoms with E-state index in [0.717, 1.165) is 23.3 Å². The second-order valence-corrected chi connectivity index (χ2v) is 5.54. The lowest BCUT2D eigenvalue weighted by atomic mass is 9.98. The van der Waals surface area contributed by atoms with Gasteiger partial charge >= 0.3 is 5.97 Å². The number of thiophene rings is 1. The van der Waals surface area contributed by atoms with Gasteiger partial charge in [0.2, 0.25) is 0 Å². The summed E-state index contributed by atoms with van der Waals surface area (Å²) in [6, 6.07) is 1.93. The van der Waals surface area contributed by atoms with Crippen molar-refractivity contribution >= 4 is 23.4 Å². The lowest BCUT2D eigenvalue weighted by molar-refractivity contribution is -0.131. The van der Waals surface area contributed by atoms with Gasteiger partial charge in [0, 0.05) is 11.0 Å². The van der Waals surface area contributed by atoms with Crippen molar-refractivity contribution in [3.63, 3.8) is 0 Å². The minimum absolute atomic E-state index is 0.386. The molecule has 2 rings (SSSR count). The summed E-state index contributed by atoms with van der Waals surface area (Å²) in [6.07, 6.45) is 9.37. The topological polar surface area (TPSA) is 46.5 Å². The number of hydrogen-bond acceptors (Lipinski definition) is 3. The fraction of sp³-hybridized carbons (Fsp3) is 0.500. The van der Waals surface area contributed by atoms with Crippen LogP contribution in [0.1, 0.15) is 42.5 Å². The Bertz CT molecular complexity index is 416. The number of ether oxygens (including phenoxy) is 1. The van der Waals surface area contributed by atoms with E-state index in [9.17, 15) is 4.79 Å². The zero-order chi connectivity index (χ0) is 12.8. The normalized spacial score (nSPS) is 17.3. The summed E-state index contributed by atoms with van der Waals surface area (Å²) in [7, 11) is 0. The lowest BCUT2D eigenvalue weighted by Crippen LogP contribution is -2.16. The lowest BCUT2D eigenvalue weighted by Gasteiger charge is -2.21. The van der Waals surface area contributed by atoms with Gasteiger partial charge in [-0.05, 0) is 35.9 Å². The molecule has 0 saturated heterocycles. The molecule has 0 radical (unpaired) electrons. The molecule has 1 aromatic rings. The van der Waals surface area contributed by atoms with Gasteiger partial charge in [-0.25, -0.2) is 4.79 Å². The van der Waals surface area contributed by atoms with Crippen molar-refractivity contribution in [3.8, 4) is 0 Å². The van der Waals surface area contributed by atoms with E-state index >= 15 is 0 Å². The van der Waals surface area contributed by atoms with Crippen LogP contribution >= 0.6 is 11.3 Å². The molecule has 3 nitrogen and oxygen atoms in total. The van der Waals surface area contributed by atoms with Crippen LogP contribution in [0.5, 0.6) is 0 Å². The van der Waals surface area contributed by atoms with Gasteiger partial charge in [0.1, 0.15) is 0 Å². The first kappa shape index (κ1) is 13.3. The molecule has 1 saturated carbocycles. The van der Waals surface area contributed by atoms with Gasteiger partial charge < -0.3 is 9.84 Å². The molecule has 98 valence electrons. The number of carboxylic acids is 1. The average molecular weight is 266 g/mol. The van der Waals surface area contributed by atoms with Gasteiger partial charge in [0.25, 0.3) is 0 Å². The van der Waals surface area contributed by atoms with Gasteiger partial charge in [0.05, 0.1) is 12.7 Å². The molecule has 0 atom stereocenters. The molecule has 0 unspecified atom stereocenters. The van der Waals surface area contributed by atoms with Crippen molar-refractivity contribution in [2.24, 2.45) is 0 Å². The van der Waals surface area contributed by atoms with Gasteiger partial charge in [-0.3, -0.25) is 0 Å². The number of carbonyl (C=O) groups is 1. The Morgan fingerprint density at radius 2 is 2.22 bits per heavy atom. The zero-order valence-corrected chi connectivity index (χ0v) is 11.1. The van der Waals surface area contributed by atoms with Crippen molar-refractivity contribution < 1.29 is 14.6 Å². The SMILES string of the molecule is O=C(O)C=Cc1ccsc1COC1CCCCC1. The van der Waals surface area contributed by atoms with Crippen molar-refractivity contribution in [1.29, 1.82) is 0 Å². The maximum Gasteiger partial charge on any atom is 0.328 e. The van der Waals surface area contributed by atoms with Gasteiger partial charge in [0.15, 0.2) is 0 Å². The Kier molecular flexibility index (Phi) is 4.96. The number of carboxylic acid groups (broad SMARTS) is 1. The Balaban J connectivity index is 1.88. The molecule has 0 amide bonds. The molecule has 1 aliphatic rings. The van der Waals surface area contributed by atoms with E-state index in [1.165, 1.54) is 25.3 Å². The highest BCUT2D eigenvalue weighted by molar-refractivity contribution is 7.10. The number of aliphatic carboxylic acids is 1. The largest absolute Gasteiger partial charge is 0.478 e. The van der Waals surface area contributed by atoms with E-state index in [2.05, 4.69) is 0 Å². The molecule has 1 aliphatic carbocycles. The number of hydrogen-bond donors (Lipinski definition) is 1. The summed E-state index contributed by atoms with van der Waals surface area (Å²) < 4.78 is 5.90. The zero-order valence-electron chi connectivity index (χ0n) is 10.3. The molecular formula is C14H18O3S. The Morgan fingerprint density at radius 3 is 2.94 bits per heavy atom. The van der Waals surface area contributed by atoms with Crippen molar-refractivity contribution in [3.05, 3.63) is 28.0 Å². The third-order valence-electron chi connectivity index (χ3n) is 3.19. The fourth-order valence-electron chi connectivity index (χ4n) is 2.20. The molecule has 1 fully saturated rings. The van der Waals surface area contributed by atoms with Gasteiger partial charge in [-0.15, -0.1) is 11.3 Å². The fourth-order valence-corrected chi connectivity index (χ4v) is 2.99. The average Bonchev–Trinajstić information content (AvgIpc) is 2.82. The predicted octanol–water partition coefficient (Wildman–Crippen LogP) is 3.70. The van der Waals surface area contributed by atoms with Crippen LogP contribution in [-0.4, -0.2) is 17.2 Å². The third kappa shape index (κ3) is 3.96. The molecule has 4 heteroatoms. The highest BCUT2D eigenvalue weighted by Crippen LogP contribution is 2.24. The first-order valence-electron chi connectivity index (χ1n) is 6.34. The van der Waals surface area contributed by atoms with Crippen molar-refractivity contribution in [2.45, 2.75) is 44.8 Å². The second kappa shape index (κ2) is 6.71. The Labute approximate surface area is 111 Å². The minimum atomic E-state index is -0.916. The predicted molar refractivity (Wildman–Crippen MR) is 72.7 cm³/mol. The van der Waals surface area contributed by atoms with E-state index in [1.807, 2.05) is 11.4 Å². The monoisotopic (exact) mass is 266 g/mol. The molecule has 0 aromatic carbocycles. The molecular weight excluding hydrogens is 248 g/mol. The van der Waals surface area contributed by atoms with Gasteiger partial charge in [-0.2, -0.15) is 0 Å². The molecule has 0 aliphatic heterocycles. The van der Waals surface area contributed by atoms with Gasteiger partial charge in [-0.1, -0.05) is 19.3 Å². The Morgan fingerprint density at radius 1 is 1.44 bits per heavy atom. The highest BCUT2D eigenvalue weighted by atomic mass is 32.1. The molecule has 1 aromatic heterocycles. The van der Waals surface area contributed by atoms with Crippen LogP contribution in [-0.2, 0) is 16.1 Å². The highest BCUT2D eigenvalue weighted by Gasteiger charge is 2.14.